The average molecular weight is 501 g/mol. The van der Waals surface area contributed by atoms with E-state index in [1.807, 2.05) is 0 Å². The van der Waals surface area contributed by atoms with Crippen molar-refractivity contribution in [2.75, 3.05) is 7.11 Å². The van der Waals surface area contributed by atoms with Gasteiger partial charge in [0.25, 0.3) is 5.91 Å². The topological polar surface area (TPSA) is 143 Å². The van der Waals surface area contributed by atoms with Crippen molar-refractivity contribution in [2.24, 2.45) is 5.73 Å². The summed E-state index contributed by atoms with van der Waals surface area (Å²) < 4.78 is 48.0. The number of ether oxygens (including phenoxy) is 1. The highest BCUT2D eigenvalue weighted by molar-refractivity contribution is 5.96. The van der Waals surface area contributed by atoms with Crippen LogP contribution in [0.15, 0.2) is 36.4 Å². The number of methoxy groups -OCH3 is 1. The zero-order chi connectivity index (χ0) is 26.2. The van der Waals surface area contributed by atoms with Crippen molar-refractivity contribution in [2.45, 2.75) is 32.0 Å². The number of fused-ring (bicyclic) bond motifs is 1. The van der Waals surface area contributed by atoms with Crippen LogP contribution in [0.5, 0.6) is 5.75 Å². The maximum absolute atomic E-state index is 14.1. The molecule has 0 aliphatic heterocycles. The molecule has 1 amide bonds. The number of aromatic nitrogens is 2. The van der Waals surface area contributed by atoms with Crippen molar-refractivity contribution in [3.8, 4) is 11.4 Å². The van der Waals surface area contributed by atoms with E-state index in [0.29, 0.717) is 36.1 Å². The minimum absolute atomic E-state index is 0.0208. The second-order valence-electron chi connectivity index (χ2n) is 8.20. The molecule has 0 spiro atoms. The first-order valence-corrected chi connectivity index (χ1v) is 10.9. The lowest BCUT2D eigenvalue weighted by molar-refractivity contribution is -0.137. The summed E-state index contributed by atoms with van der Waals surface area (Å²) in [6.07, 6.45) is -3.21. The molecule has 1 heterocycles. The molecule has 0 atom stereocenters. The van der Waals surface area contributed by atoms with Crippen LogP contribution in [0.1, 0.15) is 55.2 Å². The Bertz CT molecular complexity index is 1380. The summed E-state index contributed by atoms with van der Waals surface area (Å²) in [5.41, 5.74) is 5.37. The number of phenols is 1. The number of nitrogens with one attached hydrogen (secondary N) is 2. The number of aromatic hydroxyl groups is 1. The molecule has 188 valence electrons. The van der Waals surface area contributed by atoms with Gasteiger partial charge in [0.1, 0.15) is 11.6 Å². The van der Waals surface area contributed by atoms with Crippen molar-refractivity contribution in [3.05, 3.63) is 75.6 Å². The molecule has 1 aliphatic carbocycles. The fourth-order valence-electron chi connectivity index (χ4n) is 4.16. The molecule has 1 aliphatic rings. The smallest absolute Gasteiger partial charge is 0.418 e. The van der Waals surface area contributed by atoms with Crippen LogP contribution in [-0.4, -0.2) is 39.7 Å². The van der Waals surface area contributed by atoms with Gasteiger partial charge in [0.2, 0.25) is 0 Å². The Balaban J connectivity index is 1.67. The van der Waals surface area contributed by atoms with E-state index >= 15 is 0 Å². The number of hydrogen-bond acceptors (Lipinski definition) is 6. The molecule has 0 fully saturated rings. The summed E-state index contributed by atoms with van der Waals surface area (Å²) in [5, 5.41) is 24.1. The molecule has 1 aromatic heterocycles. The maximum atomic E-state index is 14.1. The molecule has 0 radical (unpaired) electrons. The van der Waals surface area contributed by atoms with Gasteiger partial charge in [-0.2, -0.15) is 18.3 Å². The summed E-state index contributed by atoms with van der Waals surface area (Å²) >= 11 is 0. The number of carbonyl (C=O) groups is 2. The monoisotopic (exact) mass is 501 g/mol. The Morgan fingerprint density at radius 2 is 1.92 bits per heavy atom. The second-order valence-corrected chi connectivity index (χ2v) is 8.20. The standard InChI is InChI=1S/C24H22F3N5O4/c1-36-23(35)20-15-3-2-4-17(15)32(31-20)18-7-5-13(10-16(18)24(25,26)27)22(34)30-11-14-9-12(21(28)29)6-8-19(14)33/h5-10,33H,2-4,11H2,1H3,(H3,28,29)(H,30,34). The minimum Gasteiger partial charge on any atom is -0.508 e. The third-order valence-corrected chi connectivity index (χ3v) is 5.93. The number of benzene rings is 2. The largest absolute Gasteiger partial charge is 0.508 e. The van der Waals surface area contributed by atoms with Gasteiger partial charge >= 0.3 is 12.1 Å². The van der Waals surface area contributed by atoms with Crippen LogP contribution in [0.3, 0.4) is 0 Å². The first-order valence-electron chi connectivity index (χ1n) is 10.9. The quantitative estimate of drug-likeness (QED) is 0.232. The van der Waals surface area contributed by atoms with Crippen LogP contribution in [0, 0.1) is 5.41 Å². The van der Waals surface area contributed by atoms with E-state index in [9.17, 15) is 27.9 Å². The SMILES string of the molecule is COC(=O)c1nn(-c2ccc(C(=O)NCc3cc(C(=N)N)ccc3O)cc2C(F)(F)F)c2c1CCC2. The van der Waals surface area contributed by atoms with Crippen molar-refractivity contribution in [1.29, 1.82) is 5.41 Å². The zero-order valence-electron chi connectivity index (χ0n) is 19.1. The third-order valence-electron chi connectivity index (χ3n) is 5.93. The molecule has 36 heavy (non-hydrogen) atoms. The van der Waals surface area contributed by atoms with Crippen molar-refractivity contribution >= 4 is 17.7 Å². The second kappa shape index (κ2) is 9.36. The van der Waals surface area contributed by atoms with Crippen LogP contribution in [0.2, 0.25) is 0 Å². The van der Waals surface area contributed by atoms with Crippen molar-refractivity contribution < 1.29 is 32.6 Å². The van der Waals surface area contributed by atoms with Gasteiger partial charge in [-0.25, -0.2) is 9.48 Å². The van der Waals surface area contributed by atoms with Gasteiger partial charge in [-0.1, -0.05) is 0 Å². The number of amidine groups is 1. The summed E-state index contributed by atoms with van der Waals surface area (Å²) in [6, 6.07) is 7.22. The van der Waals surface area contributed by atoms with E-state index in [1.165, 1.54) is 31.4 Å². The Kier molecular flexibility index (Phi) is 6.44. The zero-order valence-corrected chi connectivity index (χ0v) is 19.1. The first kappa shape index (κ1) is 24.8. The Morgan fingerprint density at radius 1 is 1.19 bits per heavy atom. The molecule has 5 N–H and O–H groups in total. The van der Waals surface area contributed by atoms with Gasteiger partial charge in [-0.15, -0.1) is 0 Å². The number of nitrogens with zero attached hydrogens (tertiary/aromatic N) is 2. The van der Waals surface area contributed by atoms with Crippen LogP contribution in [-0.2, 0) is 30.3 Å². The molecular weight excluding hydrogens is 479 g/mol. The van der Waals surface area contributed by atoms with Crippen LogP contribution in [0.4, 0.5) is 13.2 Å². The molecule has 12 heteroatoms. The number of esters is 1. The van der Waals surface area contributed by atoms with Crippen molar-refractivity contribution in [3.63, 3.8) is 0 Å². The number of hydrogen-bond donors (Lipinski definition) is 4. The average Bonchev–Trinajstić information content (AvgIpc) is 3.45. The Morgan fingerprint density at radius 3 is 2.58 bits per heavy atom. The van der Waals surface area contributed by atoms with Gasteiger partial charge in [-0.05, 0) is 55.7 Å². The molecule has 3 aromatic rings. The minimum atomic E-state index is -4.82. The lowest BCUT2D eigenvalue weighted by Gasteiger charge is -2.16. The highest BCUT2D eigenvalue weighted by Crippen LogP contribution is 2.37. The predicted molar refractivity (Wildman–Crippen MR) is 122 cm³/mol. The summed E-state index contributed by atoms with van der Waals surface area (Å²) in [7, 11) is 1.17. The number of nitrogens with two attached hydrogens (primary N) is 1. The number of nitrogen functional groups attached to an aromatic ring is 1. The summed E-state index contributed by atoms with van der Waals surface area (Å²) in [5.74, 6) is -1.94. The fraction of sp³-hybridized carbons (Fsp3) is 0.250. The lowest BCUT2D eigenvalue weighted by Crippen LogP contribution is -2.24. The van der Waals surface area contributed by atoms with E-state index in [2.05, 4.69) is 10.4 Å². The summed E-state index contributed by atoms with van der Waals surface area (Å²) in [4.78, 5) is 24.8. The summed E-state index contributed by atoms with van der Waals surface area (Å²) in [6.45, 7) is -0.204. The van der Waals surface area contributed by atoms with Crippen LogP contribution in [0.25, 0.3) is 5.69 Å². The molecule has 4 rings (SSSR count). The van der Waals surface area contributed by atoms with E-state index < -0.39 is 23.6 Å². The number of carbonyl (C=O) groups excluding carboxylic acids is 2. The predicted octanol–water partition coefficient (Wildman–Crippen LogP) is 3.09. The van der Waals surface area contributed by atoms with Crippen LogP contribution < -0.4 is 11.1 Å². The van der Waals surface area contributed by atoms with Gasteiger partial charge in [-0.3, -0.25) is 10.2 Å². The molecule has 0 unspecified atom stereocenters. The number of alkyl halides is 3. The molecule has 0 bridgehead atoms. The van der Waals surface area contributed by atoms with Gasteiger partial charge in [0.05, 0.1) is 18.4 Å². The van der Waals surface area contributed by atoms with Gasteiger partial charge < -0.3 is 20.9 Å². The van der Waals surface area contributed by atoms with E-state index in [-0.39, 0.29) is 40.6 Å². The van der Waals surface area contributed by atoms with E-state index in [0.717, 1.165) is 16.8 Å². The molecule has 0 saturated heterocycles. The first-order chi connectivity index (χ1) is 17.0. The molecule has 9 nitrogen and oxygen atoms in total. The molecular formula is C24H22F3N5O4. The van der Waals surface area contributed by atoms with Gasteiger partial charge in [0.15, 0.2) is 5.69 Å². The number of phenolic OH excluding ortho intramolecular Hbond substituents is 1. The van der Waals surface area contributed by atoms with E-state index in [1.54, 1.807) is 0 Å². The normalized spacial score (nSPS) is 12.8. The number of halogens is 3. The number of rotatable bonds is 6. The van der Waals surface area contributed by atoms with Crippen molar-refractivity contribution in [1.82, 2.24) is 15.1 Å². The Labute approximate surface area is 203 Å². The molecule has 2 aromatic carbocycles. The highest BCUT2D eigenvalue weighted by atomic mass is 19.4. The lowest BCUT2D eigenvalue weighted by atomic mass is 10.1. The molecule has 0 saturated carbocycles. The maximum Gasteiger partial charge on any atom is 0.418 e. The highest BCUT2D eigenvalue weighted by Gasteiger charge is 2.37. The Hall–Kier alpha value is -4.35. The number of amides is 1. The van der Waals surface area contributed by atoms with Crippen LogP contribution >= 0.6 is 0 Å². The fourth-order valence-corrected chi connectivity index (χ4v) is 4.16. The van der Waals surface area contributed by atoms with E-state index in [4.69, 9.17) is 15.9 Å². The van der Waals surface area contributed by atoms with Gasteiger partial charge in [0, 0.05) is 34.5 Å². The third kappa shape index (κ3) is 4.61.